The summed E-state index contributed by atoms with van der Waals surface area (Å²) < 4.78 is 4.81. The topological polar surface area (TPSA) is 9.86 Å². The number of aromatic nitrogens is 2. The summed E-state index contributed by atoms with van der Waals surface area (Å²) in [5, 5.41) is 7.58. The maximum absolute atomic E-state index is 2.44. The molecule has 0 unspecified atom stereocenters. The summed E-state index contributed by atoms with van der Waals surface area (Å²) >= 11 is 0. The van der Waals surface area contributed by atoms with Gasteiger partial charge in [0.2, 0.25) is 0 Å². The van der Waals surface area contributed by atoms with Crippen LogP contribution in [0.5, 0.6) is 0 Å². The van der Waals surface area contributed by atoms with Gasteiger partial charge in [0.1, 0.15) is 0 Å². The van der Waals surface area contributed by atoms with Gasteiger partial charge in [-0.25, -0.2) is 0 Å². The average molecular weight is 753 g/mol. The molecule has 0 saturated heterocycles. The molecule has 1 aliphatic carbocycles. The molecule has 1 aliphatic rings. The van der Waals surface area contributed by atoms with Crippen LogP contribution in [0.1, 0.15) is 36.1 Å². The van der Waals surface area contributed by atoms with E-state index in [9.17, 15) is 0 Å². The van der Waals surface area contributed by atoms with Gasteiger partial charge in [-0.05, 0) is 111 Å². The number of nitrogens with zero attached hydrogens (tertiary/aromatic N) is 2. The number of rotatable bonds is 5. The Labute approximate surface area is 343 Å². The van der Waals surface area contributed by atoms with Crippen molar-refractivity contribution < 1.29 is 0 Å². The van der Waals surface area contributed by atoms with Gasteiger partial charge in [-0.2, -0.15) is 0 Å². The molecule has 0 radical (unpaired) electrons. The van der Waals surface area contributed by atoms with Crippen molar-refractivity contribution in [3.8, 4) is 33.6 Å². The second-order valence-corrected chi connectivity index (χ2v) is 16.6. The molecule has 0 amide bonds. The fourth-order valence-electron chi connectivity index (χ4n) is 10.00. The summed E-state index contributed by atoms with van der Waals surface area (Å²) in [6, 6.07) is 71.5. The van der Waals surface area contributed by atoms with Crippen molar-refractivity contribution in [2.24, 2.45) is 0 Å². The van der Waals surface area contributed by atoms with Crippen molar-refractivity contribution in [1.82, 2.24) is 9.13 Å². The minimum Gasteiger partial charge on any atom is -0.309 e. The molecule has 12 rings (SSSR count). The van der Waals surface area contributed by atoms with Gasteiger partial charge in [-0.15, -0.1) is 0 Å². The van der Waals surface area contributed by atoms with Crippen LogP contribution in [0.15, 0.2) is 194 Å². The van der Waals surface area contributed by atoms with Crippen LogP contribution < -0.4 is 0 Å². The molecule has 0 atom stereocenters. The second-order valence-electron chi connectivity index (χ2n) is 16.6. The normalized spacial score (nSPS) is 13.3. The zero-order valence-corrected chi connectivity index (χ0v) is 33.0. The summed E-state index contributed by atoms with van der Waals surface area (Å²) in [4.78, 5) is 0. The minimum absolute atomic E-state index is 0.142. The number of benzene rings is 9. The van der Waals surface area contributed by atoms with E-state index >= 15 is 0 Å². The van der Waals surface area contributed by atoms with E-state index in [1.807, 2.05) is 0 Å². The first-order valence-corrected chi connectivity index (χ1v) is 20.6. The predicted molar refractivity (Wildman–Crippen MR) is 251 cm³/mol. The molecule has 2 nitrogen and oxygen atoms in total. The van der Waals surface area contributed by atoms with E-state index in [1.54, 1.807) is 0 Å². The Bertz CT molecular complexity index is 3510. The fourth-order valence-corrected chi connectivity index (χ4v) is 10.00. The molecule has 9 aromatic carbocycles. The van der Waals surface area contributed by atoms with Gasteiger partial charge >= 0.3 is 0 Å². The van der Waals surface area contributed by atoms with Gasteiger partial charge in [-0.3, -0.25) is 0 Å². The van der Waals surface area contributed by atoms with E-state index in [-0.39, 0.29) is 5.41 Å². The molecular weight excluding hydrogens is 713 g/mol. The summed E-state index contributed by atoms with van der Waals surface area (Å²) in [6.07, 6.45) is 4.53. The highest BCUT2D eigenvalue weighted by atomic mass is 15.0. The lowest BCUT2D eigenvalue weighted by Crippen LogP contribution is -2.15. The molecule has 2 heterocycles. The fraction of sp³-hybridized carbons (Fsp3) is 0.0526. The molecule has 11 aromatic rings. The first-order valence-electron chi connectivity index (χ1n) is 20.6. The van der Waals surface area contributed by atoms with Crippen LogP contribution in [0.2, 0.25) is 0 Å². The second kappa shape index (κ2) is 12.8. The average Bonchev–Trinajstić information content (AvgIpc) is 3.88. The molecule has 0 bridgehead atoms. The molecule has 0 saturated carbocycles. The predicted octanol–water partition coefficient (Wildman–Crippen LogP) is 15.2. The maximum Gasteiger partial charge on any atom is 0.0541 e. The van der Waals surface area contributed by atoms with Crippen LogP contribution >= 0.6 is 0 Å². The van der Waals surface area contributed by atoms with E-state index < -0.39 is 0 Å². The van der Waals surface area contributed by atoms with E-state index in [1.165, 1.54) is 110 Å². The molecule has 2 heteroatoms. The Hall–Kier alpha value is -7.42. The quantitative estimate of drug-likeness (QED) is 0.155. The van der Waals surface area contributed by atoms with Crippen LogP contribution in [0.3, 0.4) is 0 Å². The number of hydrogen-bond donors (Lipinski definition) is 0. The standard InChI is InChI=1S/C57H40N2/c1-57(2)50-34-38(24-23-37-26-31-55-48(33-37)46-18-8-10-20-53(46)58(55)42-15-4-3-5-16-42)25-29-44(50)45-30-27-41(36-51(45)57)40-28-32-56-49(35-40)47-19-9-11-21-54(47)59(56)52-22-12-14-39-13-6-7-17-43(39)52/h3-36H,1-2H3/b24-23+. The van der Waals surface area contributed by atoms with Gasteiger partial charge in [0.15, 0.2) is 0 Å². The van der Waals surface area contributed by atoms with Crippen molar-refractivity contribution in [2.75, 3.05) is 0 Å². The molecule has 59 heavy (non-hydrogen) atoms. The smallest absolute Gasteiger partial charge is 0.0541 e. The maximum atomic E-state index is 2.44. The highest BCUT2D eigenvalue weighted by Gasteiger charge is 2.35. The zero-order chi connectivity index (χ0) is 39.2. The van der Waals surface area contributed by atoms with Crippen LogP contribution in [0.4, 0.5) is 0 Å². The van der Waals surface area contributed by atoms with Gasteiger partial charge in [-0.1, -0.05) is 159 Å². The van der Waals surface area contributed by atoms with Gasteiger partial charge < -0.3 is 9.13 Å². The van der Waals surface area contributed by atoms with Crippen LogP contribution in [0, 0.1) is 0 Å². The summed E-state index contributed by atoms with van der Waals surface area (Å²) in [6.45, 7) is 4.76. The Morgan fingerprint density at radius 3 is 1.69 bits per heavy atom. The van der Waals surface area contributed by atoms with Crippen LogP contribution in [-0.2, 0) is 5.41 Å². The summed E-state index contributed by atoms with van der Waals surface area (Å²) in [5.74, 6) is 0. The SMILES string of the molecule is CC1(C)c2cc(/C=C/c3ccc4c(c3)c3ccccc3n4-c3ccccc3)ccc2-c2ccc(-c3ccc4c(c3)c3ccccc3n4-c3cccc4ccccc34)cc21. The molecule has 0 fully saturated rings. The Morgan fingerprint density at radius 2 is 0.898 bits per heavy atom. The Kier molecular flexibility index (Phi) is 7.31. The third-order valence-corrected chi connectivity index (χ3v) is 12.9. The van der Waals surface area contributed by atoms with Crippen molar-refractivity contribution in [3.05, 3.63) is 216 Å². The van der Waals surface area contributed by atoms with E-state index in [0.29, 0.717) is 0 Å². The first-order chi connectivity index (χ1) is 29.0. The number of hydrogen-bond acceptors (Lipinski definition) is 0. The van der Waals surface area contributed by atoms with E-state index in [2.05, 4.69) is 229 Å². The molecule has 0 spiro atoms. The monoisotopic (exact) mass is 752 g/mol. The third kappa shape index (κ3) is 5.13. The number of para-hydroxylation sites is 3. The molecule has 0 N–H and O–H groups in total. The van der Waals surface area contributed by atoms with Gasteiger partial charge in [0, 0.05) is 38.0 Å². The lowest BCUT2D eigenvalue weighted by atomic mass is 9.81. The van der Waals surface area contributed by atoms with E-state index in [0.717, 1.165) is 0 Å². The molecule has 2 aromatic heterocycles. The van der Waals surface area contributed by atoms with Crippen LogP contribution in [0.25, 0.3) is 100 Å². The molecule has 0 aliphatic heterocycles. The highest BCUT2D eigenvalue weighted by Crippen LogP contribution is 2.50. The summed E-state index contributed by atoms with van der Waals surface area (Å²) in [5.41, 5.74) is 17.4. The van der Waals surface area contributed by atoms with Crippen LogP contribution in [-0.4, -0.2) is 9.13 Å². The number of fused-ring (bicyclic) bond motifs is 10. The Morgan fingerprint density at radius 1 is 0.373 bits per heavy atom. The third-order valence-electron chi connectivity index (χ3n) is 12.9. The zero-order valence-electron chi connectivity index (χ0n) is 33.0. The summed E-state index contributed by atoms with van der Waals surface area (Å²) in [7, 11) is 0. The van der Waals surface area contributed by atoms with Gasteiger partial charge in [0.25, 0.3) is 0 Å². The lowest BCUT2D eigenvalue weighted by molar-refractivity contribution is 0.660. The molecule has 278 valence electrons. The lowest BCUT2D eigenvalue weighted by Gasteiger charge is -2.22. The minimum atomic E-state index is -0.142. The van der Waals surface area contributed by atoms with Crippen molar-refractivity contribution >= 4 is 66.5 Å². The largest absolute Gasteiger partial charge is 0.309 e. The van der Waals surface area contributed by atoms with E-state index in [4.69, 9.17) is 0 Å². The van der Waals surface area contributed by atoms with Crippen molar-refractivity contribution in [3.63, 3.8) is 0 Å². The highest BCUT2D eigenvalue weighted by molar-refractivity contribution is 6.12. The molecular formula is C57H40N2. The van der Waals surface area contributed by atoms with Crippen molar-refractivity contribution in [2.45, 2.75) is 19.3 Å². The Balaban J connectivity index is 0.890. The van der Waals surface area contributed by atoms with Gasteiger partial charge in [0.05, 0.1) is 27.8 Å². The first kappa shape index (κ1) is 33.7. The van der Waals surface area contributed by atoms with Crippen molar-refractivity contribution in [1.29, 1.82) is 0 Å².